The minimum Gasteiger partial charge on any atom is -0.352 e. The van der Waals surface area contributed by atoms with Crippen molar-refractivity contribution in [2.24, 2.45) is 0 Å². The molecule has 0 spiro atoms. The monoisotopic (exact) mass is 206 g/mol. The number of anilines is 1. The topological polar surface area (TPSA) is 58.1 Å². The molecule has 1 heterocycles. The standard InChI is InChI=1S/C10H14N4O/c1-14(9-6-11-4-5-12-9)7-10(15)13-8-2-3-8/h4-6,8H,2-3,7H2,1H3,(H,13,15). The number of nitrogens with one attached hydrogen (secondary N) is 1. The molecule has 0 radical (unpaired) electrons. The van der Waals surface area contributed by atoms with Crippen LogP contribution in [0.4, 0.5) is 5.82 Å². The van der Waals surface area contributed by atoms with Gasteiger partial charge in [0.15, 0.2) is 0 Å². The number of carbonyl (C=O) groups is 1. The van der Waals surface area contributed by atoms with Crippen LogP contribution in [-0.4, -0.2) is 35.5 Å². The first-order valence-electron chi connectivity index (χ1n) is 5.02. The largest absolute Gasteiger partial charge is 0.352 e. The Morgan fingerprint density at radius 2 is 2.40 bits per heavy atom. The van der Waals surface area contributed by atoms with Gasteiger partial charge >= 0.3 is 0 Å². The molecular formula is C10H14N4O. The van der Waals surface area contributed by atoms with E-state index in [0.29, 0.717) is 18.4 Å². The van der Waals surface area contributed by atoms with Crippen LogP contribution in [0.5, 0.6) is 0 Å². The molecule has 0 aliphatic heterocycles. The highest BCUT2D eigenvalue weighted by Gasteiger charge is 2.23. The summed E-state index contributed by atoms with van der Waals surface area (Å²) in [5, 5.41) is 2.93. The van der Waals surface area contributed by atoms with Crippen molar-refractivity contribution in [2.45, 2.75) is 18.9 Å². The predicted octanol–water partition coefficient (Wildman–Crippen LogP) is 0.191. The van der Waals surface area contributed by atoms with Crippen molar-refractivity contribution in [3.63, 3.8) is 0 Å². The Morgan fingerprint density at radius 3 is 3.00 bits per heavy atom. The van der Waals surface area contributed by atoms with Gasteiger partial charge in [-0.1, -0.05) is 0 Å². The Bertz CT molecular complexity index is 337. The third-order valence-corrected chi connectivity index (χ3v) is 2.26. The number of nitrogens with zero attached hydrogens (tertiary/aromatic N) is 3. The molecule has 0 aromatic carbocycles. The van der Waals surface area contributed by atoms with Crippen molar-refractivity contribution in [2.75, 3.05) is 18.5 Å². The lowest BCUT2D eigenvalue weighted by molar-refractivity contribution is -0.119. The molecule has 1 fully saturated rings. The van der Waals surface area contributed by atoms with Crippen molar-refractivity contribution in [3.05, 3.63) is 18.6 Å². The Balaban J connectivity index is 1.85. The molecule has 5 nitrogen and oxygen atoms in total. The predicted molar refractivity (Wildman–Crippen MR) is 56.5 cm³/mol. The fraction of sp³-hybridized carbons (Fsp3) is 0.500. The van der Waals surface area contributed by atoms with Crippen molar-refractivity contribution in [1.82, 2.24) is 15.3 Å². The van der Waals surface area contributed by atoms with Crippen LogP contribution in [0.15, 0.2) is 18.6 Å². The van der Waals surface area contributed by atoms with E-state index in [4.69, 9.17) is 0 Å². The molecule has 0 bridgehead atoms. The number of rotatable bonds is 4. The lowest BCUT2D eigenvalue weighted by atomic mass is 10.4. The zero-order chi connectivity index (χ0) is 10.7. The maximum atomic E-state index is 11.5. The van der Waals surface area contributed by atoms with Gasteiger partial charge in [0.1, 0.15) is 5.82 Å². The number of hydrogen-bond donors (Lipinski definition) is 1. The molecule has 5 heteroatoms. The average Bonchev–Trinajstić information content (AvgIpc) is 3.03. The van der Waals surface area contributed by atoms with Gasteiger partial charge in [-0.2, -0.15) is 0 Å². The SMILES string of the molecule is CN(CC(=O)NC1CC1)c1cnccn1. The molecule has 2 rings (SSSR count). The first-order valence-corrected chi connectivity index (χ1v) is 5.02. The molecule has 1 aromatic heterocycles. The molecule has 1 saturated carbocycles. The van der Waals surface area contributed by atoms with Crippen LogP contribution in [0.1, 0.15) is 12.8 Å². The highest BCUT2D eigenvalue weighted by atomic mass is 16.2. The highest BCUT2D eigenvalue weighted by molar-refractivity contribution is 5.81. The highest BCUT2D eigenvalue weighted by Crippen LogP contribution is 2.18. The van der Waals surface area contributed by atoms with Crippen molar-refractivity contribution in [3.8, 4) is 0 Å². The number of aromatic nitrogens is 2. The van der Waals surface area contributed by atoms with E-state index in [1.165, 1.54) is 0 Å². The molecule has 1 aliphatic carbocycles. The fourth-order valence-corrected chi connectivity index (χ4v) is 1.29. The Hall–Kier alpha value is -1.65. The quantitative estimate of drug-likeness (QED) is 0.764. The molecule has 1 amide bonds. The maximum Gasteiger partial charge on any atom is 0.239 e. The van der Waals surface area contributed by atoms with Gasteiger partial charge in [-0.05, 0) is 12.8 Å². The van der Waals surface area contributed by atoms with Crippen LogP contribution >= 0.6 is 0 Å². The van der Waals surface area contributed by atoms with E-state index in [1.807, 2.05) is 7.05 Å². The van der Waals surface area contributed by atoms with Gasteiger partial charge in [-0.15, -0.1) is 0 Å². The molecule has 0 unspecified atom stereocenters. The zero-order valence-corrected chi connectivity index (χ0v) is 8.68. The smallest absolute Gasteiger partial charge is 0.239 e. The molecular weight excluding hydrogens is 192 g/mol. The maximum absolute atomic E-state index is 11.5. The van der Waals surface area contributed by atoms with Crippen molar-refractivity contribution >= 4 is 11.7 Å². The van der Waals surface area contributed by atoms with Gasteiger partial charge in [-0.3, -0.25) is 9.78 Å². The molecule has 80 valence electrons. The van der Waals surface area contributed by atoms with Crippen LogP contribution in [0.25, 0.3) is 0 Å². The minimum atomic E-state index is 0.0469. The molecule has 1 aromatic rings. The molecule has 15 heavy (non-hydrogen) atoms. The third-order valence-electron chi connectivity index (χ3n) is 2.26. The molecule has 0 atom stereocenters. The Morgan fingerprint density at radius 1 is 1.60 bits per heavy atom. The Kier molecular flexibility index (Phi) is 2.80. The van der Waals surface area contributed by atoms with Crippen LogP contribution < -0.4 is 10.2 Å². The van der Waals surface area contributed by atoms with E-state index in [2.05, 4.69) is 15.3 Å². The number of carbonyl (C=O) groups excluding carboxylic acids is 1. The second-order valence-electron chi connectivity index (χ2n) is 3.76. The lowest BCUT2D eigenvalue weighted by Gasteiger charge is -2.16. The van der Waals surface area contributed by atoms with E-state index in [0.717, 1.165) is 12.8 Å². The third kappa shape index (κ3) is 2.90. The van der Waals surface area contributed by atoms with E-state index in [-0.39, 0.29) is 5.91 Å². The van der Waals surface area contributed by atoms with Crippen LogP contribution in [-0.2, 0) is 4.79 Å². The van der Waals surface area contributed by atoms with Crippen LogP contribution in [0.3, 0.4) is 0 Å². The normalized spacial score (nSPS) is 14.7. The minimum absolute atomic E-state index is 0.0469. The molecule has 1 N–H and O–H groups in total. The van der Waals surface area contributed by atoms with Gasteiger partial charge < -0.3 is 10.2 Å². The van der Waals surface area contributed by atoms with E-state index >= 15 is 0 Å². The second-order valence-corrected chi connectivity index (χ2v) is 3.76. The van der Waals surface area contributed by atoms with Gasteiger partial charge in [0.05, 0.1) is 12.7 Å². The van der Waals surface area contributed by atoms with Crippen molar-refractivity contribution < 1.29 is 4.79 Å². The lowest BCUT2D eigenvalue weighted by Crippen LogP contribution is -2.36. The van der Waals surface area contributed by atoms with Gasteiger partial charge in [0.25, 0.3) is 0 Å². The van der Waals surface area contributed by atoms with Crippen molar-refractivity contribution in [1.29, 1.82) is 0 Å². The number of amides is 1. The Labute approximate surface area is 88.5 Å². The zero-order valence-electron chi connectivity index (χ0n) is 8.68. The van der Waals surface area contributed by atoms with Crippen LogP contribution in [0.2, 0.25) is 0 Å². The summed E-state index contributed by atoms with van der Waals surface area (Å²) in [6, 6.07) is 0.410. The van der Waals surface area contributed by atoms with Gasteiger partial charge in [0.2, 0.25) is 5.91 Å². The van der Waals surface area contributed by atoms with Crippen LogP contribution in [0, 0.1) is 0 Å². The summed E-state index contributed by atoms with van der Waals surface area (Å²) in [4.78, 5) is 21.3. The summed E-state index contributed by atoms with van der Waals surface area (Å²) < 4.78 is 0. The van der Waals surface area contributed by atoms with E-state index < -0.39 is 0 Å². The summed E-state index contributed by atoms with van der Waals surface area (Å²) >= 11 is 0. The first kappa shape index (κ1) is 9.89. The summed E-state index contributed by atoms with van der Waals surface area (Å²) in [7, 11) is 1.83. The summed E-state index contributed by atoms with van der Waals surface area (Å²) in [5.74, 6) is 0.758. The number of likely N-dealkylation sites (N-methyl/N-ethyl adjacent to an activating group) is 1. The van der Waals surface area contributed by atoms with E-state index in [9.17, 15) is 4.79 Å². The fourth-order valence-electron chi connectivity index (χ4n) is 1.29. The summed E-state index contributed by atoms with van der Waals surface area (Å²) in [6.07, 6.45) is 7.10. The summed E-state index contributed by atoms with van der Waals surface area (Å²) in [6.45, 7) is 0.329. The second kappa shape index (κ2) is 4.25. The van der Waals surface area contributed by atoms with E-state index in [1.54, 1.807) is 23.5 Å². The average molecular weight is 206 g/mol. The summed E-state index contributed by atoms with van der Waals surface area (Å²) in [5.41, 5.74) is 0. The molecule has 1 aliphatic rings. The van der Waals surface area contributed by atoms with Gasteiger partial charge in [-0.25, -0.2) is 4.98 Å². The van der Waals surface area contributed by atoms with Gasteiger partial charge in [0, 0.05) is 25.5 Å². The number of hydrogen-bond acceptors (Lipinski definition) is 4. The first-order chi connectivity index (χ1) is 7.25. The molecule has 0 saturated heterocycles.